The highest BCUT2D eigenvalue weighted by molar-refractivity contribution is 6.03. The Balaban J connectivity index is 2.95. The van der Waals surface area contributed by atoms with Crippen LogP contribution in [0, 0.1) is 0 Å². The van der Waals surface area contributed by atoms with E-state index >= 15 is 0 Å². The first kappa shape index (κ1) is 18.0. The van der Waals surface area contributed by atoms with Crippen molar-refractivity contribution in [1.82, 2.24) is 5.32 Å². The number of hydrogen-bond acceptors (Lipinski definition) is 6. The average molecular weight is 324 g/mol. The molecule has 1 aromatic rings. The Kier molecular flexibility index (Phi) is 6.53. The van der Waals surface area contributed by atoms with E-state index in [0.29, 0.717) is 0 Å². The molecule has 0 bridgehead atoms. The molecule has 0 saturated carbocycles. The van der Waals surface area contributed by atoms with Crippen molar-refractivity contribution in [1.29, 1.82) is 0 Å². The smallest absolute Gasteiger partial charge is 0.339 e. The van der Waals surface area contributed by atoms with E-state index in [4.69, 9.17) is 5.11 Å². The molecule has 0 aromatic heterocycles. The van der Waals surface area contributed by atoms with Crippen LogP contribution in [0.5, 0.6) is 0 Å². The normalized spacial score (nSPS) is 9.65. The lowest BCUT2D eigenvalue weighted by molar-refractivity contribution is -0.136. The predicted molar refractivity (Wildman–Crippen MR) is 78.4 cm³/mol. The number of ether oxygens (including phenoxy) is 2. The Bertz CT molecular complexity index is 628. The Morgan fingerprint density at radius 1 is 1.09 bits per heavy atom. The van der Waals surface area contributed by atoms with Crippen molar-refractivity contribution in [3.8, 4) is 0 Å². The second-order valence-electron chi connectivity index (χ2n) is 4.27. The molecule has 0 aliphatic heterocycles. The minimum atomic E-state index is -1.06. The van der Waals surface area contributed by atoms with Gasteiger partial charge in [0.15, 0.2) is 0 Å². The number of methoxy groups -OCH3 is 2. The molecule has 0 saturated heterocycles. The van der Waals surface area contributed by atoms with Crippen LogP contribution in [-0.4, -0.2) is 49.8 Å². The molecule has 0 fully saturated rings. The van der Waals surface area contributed by atoms with Crippen LogP contribution in [0.25, 0.3) is 0 Å². The topological polar surface area (TPSA) is 131 Å². The predicted octanol–water partition coefficient (Wildman–Crippen LogP) is 0.856. The maximum absolute atomic E-state index is 11.7. The summed E-state index contributed by atoms with van der Waals surface area (Å²) in [5.74, 6) is -2.41. The van der Waals surface area contributed by atoms with Crippen molar-refractivity contribution in [2.45, 2.75) is 6.42 Å². The molecular weight excluding hydrogens is 308 g/mol. The van der Waals surface area contributed by atoms with E-state index in [9.17, 15) is 19.2 Å². The van der Waals surface area contributed by atoms with Crippen LogP contribution in [0.3, 0.4) is 0 Å². The fraction of sp³-hybridized carbons (Fsp3) is 0.286. The summed E-state index contributed by atoms with van der Waals surface area (Å²) in [6, 6.07) is 3.20. The van der Waals surface area contributed by atoms with Crippen LogP contribution in [0.2, 0.25) is 0 Å². The van der Waals surface area contributed by atoms with Gasteiger partial charge in [-0.05, 0) is 18.2 Å². The molecule has 0 radical (unpaired) electrons. The number of carboxylic acids is 1. The van der Waals surface area contributed by atoms with Crippen molar-refractivity contribution >= 4 is 29.6 Å². The summed E-state index contributed by atoms with van der Waals surface area (Å²) in [7, 11) is 2.37. The summed E-state index contributed by atoms with van der Waals surface area (Å²) in [6.45, 7) is -0.0918. The Morgan fingerprint density at radius 2 is 1.74 bits per heavy atom. The number of anilines is 1. The fourth-order valence-electron chi connectivity index (χ4n) is 1.63. The summed E-state index contributed by atoms with van der Waals surface area (Å²) in [4.78, 5) is 45.3. The van der Waals surface area contributed by atoms with Gasteiger partial charge in [0.2, 0.25) is 0 Å². The first-order valence-corrected chi connectivity index (χ1v) is 6.46. The molecule has 23 heavy (non-hydrogen) atoms. The van der Waals surface area contributed by atoms with E-state index in [1.54, 1.807) is 0 Å². The van der Waals surface area contributed by atoms with Crippen molar-refractivity contribution in [2.24, 2.45) is 0 Å². The number of rotatable bonds is 6. The van der Waals surface area contributed by atoms with Crippen LogP contribution >= 0.6 is 0 Å². The fourth-order valence-corrected chi connectivity index (χ4v) is 1.63. The maximum Gasteiger partial charge on any atom is 0.339 e. The highest BCUT2D eigenvalue weighted by atomic mass is 16.5. The van der Waals surface area contributed by atoms with Crippen molar-refractivity contribution < 1.29 is 33.8 Å². The SMILES string of the molecule is COC(=O)c1ccc(C(=O)OC)c(NC(=O)NCCC(=O)O)c1. The second-order valence-corrected chi connectivity index (χ2v) is 4.27. The molecule has 3 N–H and O–H groups in total. The molecule has 0 spiro atoms. The summed E-state index contributed by atoms with van der Waals surface area (Å²) >= 11 is 0. The number of hydrogen-bond donors (Lipinski definition) is 3. The van der Waals surface area contributed by atoms with E-state index in [1.807, 2.05) is 0 Å². The third kappa shape index (κ3) is 5.30. The van der Waals surface area contributed by atoms with Gasteiger partial charge in [-0.15, -0.1) is 0 Å². The molecule has 9 nitrogen and oxygen atoms in total. The summed E-state index contributed by atoms with van der Waals surface area (Å²) < 4.78 is 9.16. The monoisotopic (exact) mass is 324 g/mol. The number of esters is 2. The van der Waals surface area contributed by atoms with Gasteiger partial charge < -0.3 is 25.2 Å². The number of aliphatic carboxylic acids is 1. The van der Waals surface area contributed by atoms with Crippen molar-refractivity contribution in [3.63, 3.8) is 0 Å². The molecule has 1 rings (SSSR count). The van der Waals surface area contributed by atoms with Gasteiger partial charge in [-0.25, -0.2) is 14.4 Å². The molecule has 124 valence electrons. The number of carboxylic acid groups (broad SMARTS) is 1. The lowest BCUT2D eigenvalue weighted by Crippen LogP contribution is -2.31. The third-order valence-corrected chi connectivity index (χ3v) is 2.72. The standard InChI is InChI=1S/C14H16N2O7/c1-22-12(19)8-3-4-9(13(20)23-2)10(7-8)16-14(21)15-6-5-11(17)18/h3-4,7H,5-6H2,1-2H3,(H,17,18)(H2,15,16,21). The van der Waals surface area contributed by atoms with Gasteiger partial charge >= 0.3 is 23.9 Å². The highest BCUT2D eigenvalue weighted by Crippen LogP contribution is 2.19. The first-order valence-electron chi connectivity index (χ1n) is 6.46. The minimum absolute atomic E-state index is 0.0348. The highest BCUT2D eigenvalue weighted by Gasteiger charge is 2.17. The van der Waals surface area contributed by atoms with Gasteiger partial charge in [0, 0.05) is 6.54 Å². The molecule has 0 atom stereocenters. The lowest BCUT2D eigenvalue weighted by atomic mass is 10.1. The van der Waals surface area contributed by atoms with Gasteiger partial charge in [0.05, 0.1) is 37.5 Å². The van der Waals surface area contributed by atoms with Crippen LogP contribution in [0.15, 0.2) is 18.2 Å². The maximum atomic E-state index is 11.7. The van der Waals surface area contributed by atoms with Crippen LogP contribution in [-0.2, 0) is 14.3 Å². The molecular formula is C14H16N2O7. The summed E-state index contributed by atoms with van der Waals surface area (Å²) in [5.41, 5.74) is 0.196. The minimum Gasteiger partial charge on any atom is -0.481 e. The molecule has 0 aliphatic carbocycles. The summed E-state index contributed by atoms with van der Waals surface area (Å²) in [5, 5.41) is 13.2. The summed E-state index contributed by atoms with van der Waals surface area (Å²) in [6.07, 6.45) is -0.251. The van der Waals surface area contributed by atoms with Crippen LogP contribution < -0.4 is 10.6 Å². The molecule has 1 aromatic carbocycles. The molecule has 2 amide bonds. The number of carbonyl (C=O) groups excluding carboxylic acids is 3. The first-order chi connectivity index (χ1) is 10.9. The Hall–Kier alpha value is -3.10. The van der Waals surface area contributed by atoms with Gasteiger partial charge in [-0.1, -0.05) is 0 Å². The number of nitrogens with one attached hydrogen (secondary N) is 2. The van der Waals surface area contributed by atoms with E-state index < -0.39 is 23.9 Å². The largest absolute Gasteiger partial charge is 0.481 e. The number of amides is 2. The third-order valence-electron chi connectivity index (χ3n) is 2.72. The molecule has 0 aliphatic rings. The number of carbonyl (C=O) groups is 4. The van der Waals surface area contributed by atoms with Gasteiger partial charge in [-0.3, -0.25) is 4.79 Å². The van der Waals surface area contributed by atoms with Crippen molar-refractivity contribution in [2.75, 3.05) is 26.1 Å². The van der Waals surface area contributed by atoms with Gasteiger partial charge in [0.1, 0.15) is 0 Å². The van der Waals surface area contributed by atoms with Gasteiger partial charge in [-0.2, -0.15) is 0 Å². The van der Waals surface area contributed by atoms with E-state index in [-0.39, 0.29) is 29.8 Å². The van der Waals surface area contributed by atoms with Crippen molar-refractivity contribution in [3.05, 3.63) is 29.3 Å². The molecule has 9 heteroatoms. The zero-order chi connectivity index (χ0) is 17.4. The van der Waals surface area contributed by atoms with Crippen LogP contribution in [0.4, 0.5) is 10.5 Å². The quantitative estimate of drug-likeness (QED) is 0.661. The average Bonchev–Trinajstić information content (AvgIpc) is 2.52. The van der Waals surface area contributed by atoms with E-state index in [2.05, 4.69) is 20.1 Å². The zero-order valence-corrected chi connectivity index (χ0v) is 12.5. The van der Waals surface area contributed by atoms with Crippen LogP contribution in [0.1, 0.15) is 27.1 Å². The lowest BCUT2D eigenvalue weighted by Gasteiger charge is -2.12. The Labute approximate surface area is 131 Å². The zero-order valence-electron chi connectivity index (χ0n) is 12.5. The molecule has 0 heterocycles. The number of urea groups is 1. The Morgan fingerprint density at radius 3 is 2.30 bits per heavy atom. The molecule has 0 unspecified atom stereocenters. The van der Waals surface area contributed by atoms with E-state index in [1.165, 1.54) is 32.4 Å². The van der Waals surface area contributed by atoms with Gasteiger partial charge in [0.25, 0.3) is 0 Å². The number of benzene rings is 1. The second kappa shape index (κ2) is 8.37. The van der Waals surface area contributed by atoms with E-state index in [0.717, 1.165) is 0 Å².